The van der Waals surface area contributed by atoms with Crippen LogP contribution in [0.25, 0.3) is 0 Å². The van der Waals surface area contributed by atoms with Crippen LogP contribution in [0.2, 0.25) is 0 Å². The Morgan fingerprint density at radius 1 is 1.05 bits per heavy atom. The van der Waals surface area contributed by atoms with Gasteiger partial charge in [0.05, 0.1) is 5.56 Å². The Labute approximate surface area is 111 Å². The highest BCUT2D eigenvalue weighted by Crippen LogP contribution is 2.36. The summed E-state index contributed by atoms with van der Waals surface area (Å²) in [6.07, 6.45) is -0.465. The minimum absolute atomic E-state index is 0.118. The van der Waals surface area contributed by atoms with Crippen LogP contribution in [0.5, 0.6) is 0 Å². The Balaban J connectivity index is 3.09. The molecule has 0 saturated heterocycles. The molecule has 0 nitrogen and oxygen atoms in total. The number of benzene rings is 1. The predicted molar refractivity (Wildman–Crippen MR) is 68.6 cm³/mol. The zero-order chi connectivity index (χ0) is 14.5. The molecule has 0 heterocycles. The number of rotatable bonds is 6. The molecule has 0 amide bonds. The summed E-state index contributed by atoms with van der Waals surface area (Å²) < 4.78 is 52.1. The van der Waals surface area contributed by atoms with Gasteiger partial charge in [0.25, 0.3) is 0 Å². The lowest BCUT2D eigenvalue weighted by atomic mass is 9.88. The van der Waals surface area contributed by atoms with Crippen molar-refractivity contribution in [3.8, 4) is 0 Å². The van der Waals surface area contributed by atoms with E-state index in [9.17, 15) is 17.6 Å². The van der Waals surface area contributed by atoms with Gasteiger partial charge in [0, 0.05) is 0 Å². The molecular formula is C15H20F4. The lowest BCUT2D eigenvalue weighted by Crippen LogP contribution is -2.12. The van der Waals surface area contributed by atoms with E-state index < -0.39 is 17.6 Å². The molecule has 1 aromatic carbocycles. The molecule has 0 aromatic heterocycles. The van der Waals surface area contributed by atoms with Gasteiger partial charge in [-0.25, -0.2) is 4.39 Å². The van der Waals surface area contributed by atoms with Gasteiger partial charge in [0.2, 0.25) is 0 Å². The monoisotopic (exact) mass is 276 g/mol. The summed E-state index contributed by atoms with van der Waals surface area (Å²) in [5.74, 6) is -1.21. The minimum Gasteiger partial charge on any atom is -0.206 e. The fraction of sp³-hybridized carbons (Fsp3) is 0.600. The van der Waals surface area contributed by atoms with Gasteiger partial charge in [-0.1, -0.05) is 45.2 Å². The summed E-state index contributed by atoms with van der Waals surface area (Å²) in [6.45, 7) is 3.98. The molecule has 0 aliphatic heterocycles. The summed E-state index contributed by atoms with van der Waals surface area (Å²) in [5, 5.41) is 0. The van der Waals surface area contributed by atoms with E-state index in [4.69, 9.17) is 0 Å². The molecule has 1 aromatic rings. The highest BCUT2D eigenvalue weighted by atomic mass is 19.4. The third-order valence-electron chi connectivity index (χ3n) is 3.32. The molecule has 0 radical (unpaired) electrons. The Morgan fingerprint density at radius 2 is 1.74 bits per heavy atom. The van der Waals surface area contributed by atoms with Crippen molar-refractivity contribution >= 4 is 0 Å². The van der Waals surface area contributed by atoms with Crippen molar-refractivity contribution < 1.29 is 17.6 Å². The molecule has 1 unspecified atom stereocenters. The molecule has 0 fully saturated rings. The van der Waals surface area contributed by atoms with Gasteiger partial charge in [-0.15, -0.1) is 0 Å². The third-order valence-corrected chi connectivity index (χ3v) is 3.32. The van der Waals surface area contributed by atoms with E-state index in [1.165, 1.54) is 12.1 Å². The Hall–Kier alpha value is -1.06. The van der Waals surface area contributed by atoms with Crippen LogP contribution in [0.1, 0.15) is 63.0 Å². The predicted octanol–water partition coefficient (Wildman–Crippen LogP) is 5.92. The fourth-order valence-corrected chi connectivity index (χ4v) is 2.34. The minimum atomic E-state index is -4.62. The van der Waals surface area contributed by atoms with Crippen molar-refractivity contribution in [1.82, 2.24) is 0 Å². The van der Waals surface area contributed by atoms with Crippen molar-refractivity contribution in [3.05, 3.63) is 35.1 Å². The standard InChI is InChI=1S/C15H20F4/c1-3-5-8-11(7-4-2)12-9-6-10-13(14(12)16)15(17,18)19/h6,9-11H,3-5,7-8H2,1-2H3. The SMILES string of the molecule is CCCCC(CCC)c1cccc(C(F)(F)F)c1F. The van der Waals surface area contributed by atoms with Crippen molar-refractivity contribution in [1.29, 1.82) is 0 Å². The van der Waals surface area contributed by atoms with Crippen LogP contribution in [-0.4, -0.2) is 0 Å². The van der Waals surface area contributed by atoms with Crippen LogP contribution in [0, 0.1) is 5.82 Å². The van der Waals surface area contributed by atoms with Crippen molar-refractivity contribution in [3.63, 3.8) is 0 Å². The summed E-state index contributed by atoms with van der Waals surface area (Å²) in [6, 6.07) is 3.60. The Kier molecular flexibility index (Phi) is 5.83. The molecule has 0 N–H and O–H groups in total. The van der Waals surface area contributed by atoms with Crippen LogP contribution in [0.3, 0.4) is 0 Å². The normalized spacial score (nSPS) is 13.6. The summed E-state index contributed by atoms with van der Waals surface area (Å²) in [5.41, 5.74) is -0.937. The Morgan fingerprint density at radius 3 is 2.26 bits per heavy atom. The highest BCUT2D eigenvalue weighted by molar-refractivity contribution is 5.30. The van der Waals surface area contributed by atoms with Crippen molar-refractivity contribution in [2.45, 2.75) is 58.0 Å². The zero-order valence-electron chi connectivity index (χ0n) is 11.4. The van der Waals surface area contributed by atoms with Crippen molar-refractivity contribution in [2.24, 2.45) is 0 Å². The molecule has 0 bridgehead atoms. The second kappa shape index (κ2) is 6.92. The quantitative estimate of drug-likeness (QED) is 0.566. The van der Waals surface area contributed by atoms with Crippen LogP contribution < -0.4 is 0 Å². The molecule has 4 heteroatoms. The van der Waals surface area contributed by atoms with Gasteiger partial charge in [-0.3, -0.25) is 0 Å². The van der Waals surface area contributed by atoms with E-state index in [1.54, 1.807) is 0 Å². The fourth-order valence-electron chi connectivity index (χ4n) is 2.34. The van der Waals surface area contributed by atoms with Crippen LogP contribution >= 0.6 is 0 Å². The number of halogens is 4. The summed E-state index contributed by atoms with van der Waals surface area (Å²) in [4.78, 5) is 0. The first-order valence-corrected chi connectivity index (χ1v) is 6.77. The largest absolute Gasteiger partial charge is 0.419 e. The maximum absolute atomic E-state index is 14.0. The molecule has 108 valence electrons. The smallest absolute Gasteiger partial charge is 0.206 e. The zero-order valence-corrected chi connectivity index (χ0v) is 11.4. The van der Waals surface area contributed by atoms with Crippen LogP contribution in [0.15, 0.2) is 18.2 Å². The maximum Gasteiger partial charge on any atom is 0.419 e. The van der Waals surface area contributed by atoms with E-state index in [1.807, 2.05) is 13.8 Å². The first kappa shape index (κ1) is 16.0. The summed E-state index contributed by atoms with van der Waals surface area (Å²) in [7, 11) is 0. The van der Waals surface area contributed by atoms with Gasteiger partial charge >= 0.3 is 6.18 Å². The highest BCUT2D eigenvalue weighted by Gasteiger charge is 2.35. The second-order valence-corrected chi connectivity index (χ2v) is 4.83. The maximum atomic E-state index is 14.0. The number of unbranched alkanes of at least 4 members (excludes halogenated alkanes) is 1. The van der Waals surface area contributed by atoms with Gasteiger partial charge in [-0.05, 0) is 30.4 Å². The lowest BCUT2D eigenvalue weighted by Gasteiger charge is -2.19. The van der Waals surface area contributed by atoms with E-state index in [0.717, 1.165) is 38.2 Å². The van der Waals surface area contributed by atoms with Crippen molar-refractivity contribution in [2.75, 3.05) is 0 Å². The Bertz CT molecular complexity index is 396. The van der Waals surface area contributed by atoms with E-state index in [-0.39, 0.29) is 11.5 Å². The number of hydrogen-bond donors (Lipinski definition) is 0. The van der Waals surface area contributed by atoms with Crippen LogP contribution in [0.4, 0.5) is 17.6 Å². The third kappa shape index (κ3) is 4.22. The molecule has 1 rings (SSSR count). The average molecular weight is 276 g/mol. The average Bonchev–Trinajstić information content (AvgIpc) is 2.33. The molecule has 1 atom stereocenters. The van der Waals surface area contributed by atoms with Gasteiger partial charge in [0.1, 0.15) is 5.82 Å². The molecule has 19 heavy (non-hydrogen) atoms. The molecular weight excluding hydrogens is 256 g/mol. The molecule has 0 saturated carbocycles. The molecule has 0 aliphatic carbocycles. The van der Waals surface area contributed by atoms with E-state index in [2.05, 4.69) is 0 Å². The van der Waals surface area contributed by atoms with Gasteiger partial charge < -0.3 is 0 Å². The molecule has 0 spiro atoms. The van der Waals surface area contributed by atoms with Gasteiger partial charge in [-0.2, -0.15) is 13.2 Å². The molecule has 0 aliphatic rings. The lowest BCUT2D eigenvalue weighted by molar-refractivity contribution is -0.140. The first-order chi connectivity index (χ1) is 8.91. The first-order valence-electron chi connectivity index (χ1n) is 6.77. The summed E-state index contributed by atoms with van der Waals surface area (Å²) >= 11 is 0. The second-order valence-electron chi connectivity index (χ2n) is 4.83. The van der Waals surface area contributed by atoms with E-state index in [0.29, 0.717) is 0 Å². The topological polar surface area (TPSA) is 0 Å². The number of alkyl halides is 3. The van der Waals surface area contributed by atoms with Gasteiger partial charge in [0.15, 0.2) is 0 Å². The van der Waals surface area contributed by atoms with Crippen LogP contribution in [-0.2, 0) is 6.18 Å². The van der Waals surface area contributed by atoms with E-state index >= 15 is 0 Å². The number of hydrogen-bond acceptors (Lipinski definition) is 0.